The monoisotopic (exact) mass is 252 g/mol. The number of nitrogens with zero attached hydrogens (tertiary/aromatic N) is 1. The number of hydrogen-bond donors (Lipinski definition) is 1. The zero-order valence-electron chi connectivity index (χ0n) is 12.6. The molecule has 0 radical (unpaired) electrons. The van der Waals surface area contributed by atoms with Gasteiger partial charge in [-0.1, -0.05) is 33.6 Å². The maximum Gasteiger partial charge on any atom is 0.0246 e. The summed E-state index contributed by atoms with van der Waals surface area (Å²) in [4.78, 5) is 2.84. The van der Waals surface area contributed by atoms with Crippen LogP contribution in [0.2, 0.25) is 0 Å². The fourth-order valence-corrected chi connectivity index (χ4v) is 3.41. The largest absolute Gasteiger partial charge is 0.312 e. The van der Waals surface area contributed by atoms with Crippen LogP contribution in [-0.2, 0) is 0 Å². The molecule has 0 bridgehead atoms. The molecule has 0 spiro atoms. The van der Waals surface area contributed by atoms with Crippen molar-refractivity contribution in [1.82, 2.24) is 10.2 Å². The first-order valence-electron chi connectivity index (χ1n) is 8.21. The van der Waals surface area contributed by atoms with E-state index in [0.717, 1.165) is 24.0 Å². The van der Waals surface area contributed by atoms with Crippen LogP contribution in [0.4, 0.5) is 0 Å². The topological polar surface area (TPSA) is 15.3 Å². The van der Waals surface area contributed by atoms with Crippen LogP contribution in [-0.4, -0.2) is 36.1 Å². The first-order valence-corrected chi connectivity index (χ1v) is 8.21. The van der Waals surface area contributed by atoms with E-state index in [1.807, 2.05) is 0 Å². The highest BCUT2D eigenvalue weighted by Crippen LogP contribution is 2.26. The fourth-order valence-electron chi connectivity index (χ4n) is 3.41. The molecule has 1 heterocycles. The lowest BCUT2D eigenvalue weighted by Gasteiger charge is -2.43. The van der Waals surface area contributed by atoms with E-state index >= 15 is 0 Å². The molecular weight excluding hydrogens is 220 g/mol. The summed E-state index contributed by atoms with van der Waals surface area (Å²) in [5.74, 6) is 0.772. The van der Waals surface area contributed by atoms with Gasteiger partial charge in [-0.05, 0) is 44.6 Å². The molecule has 2 rings (SSSR count). The third-order valence-corrected chi connectivity index (χ3v) is 4.68. The molecule has 2 aliphatic rings. The van der Waals surface area contributed by atoms with Crippen LogP contribution >= 0.6 is 0 Å². The van der Waals surface area contributed by atoms with Gasteiger partial charge in [0.1, 0.15) is 0 Å². The Balaban J connectivity index is 1.91. The Labute approximate surface area is 114 Å². The van der Waals surface area contributed by atoms with Gasteiger partial charge in [-0.25, -0.2) is 0 Å². The van der Waals surface area contributed by atoms with Gasteiger partial charge in [0.05, 0.1) is 0 Å². The maximum atomic E-state index is 3.76. The summed E-state index contributed by atoms with van der Waals surface area (Å²) in [5, 5.41) is 3.76. The molecule has 106 valence electrons. The molecular formula is C16H32N2. The fraction of sp³-hybridized carbons (Fsp3) is 1.00. The number of likely N-dealkylation sites (tertiary alicyclic amines) is 1. The minimum Gasteiger partial charge on any atom is -0.312 e. The van der Waals surface area contributed by atoms with Crippen molar-refractivity contribution in [2.75, 3.05) is 13.1 Å². The molecule has 0 aromatic rings. The molecule has 0 aromatic heterocycles. The zero-order valence-corrected chi connectivity index (χ0v) is 12.6. The number of nitrogens with one attached hydrogen (secondary N) is 1. The van der Waals surface area contributed by atoms with Crippen molar-refractivity contribution in [2.24, 2.45) is 5.92 Å². The normalized spacial score (nSPS) is 27.7. The zero-order chi connectivity index (χ0) is 13.0. The van der Waals surface area contributed by atoms with Crippen LogP contribution in [0.3, 0.4) is 0 Å². The maximum absolute atomic E-state index is 3.76. The molecule has 1 aliphatic carbocycles. The molecule has 2 nitrogen and oxygen atoms in total. The molecule has 18 heavy (non-hydrogen) atoms. The molecule has 0 amide bonds. The van der Waals surface area contributed by atoms with Gasteiger partial charge in [0.25, 0.3) is 0 Å². The third-order valence-electron chi connectivity index (χ3n) is 4.68. The predicted molar refractivity (Wildman–Crippen MR) is 78.9 cm³/mol. The Morgan fingerprint density at radius 3 is 2.56 bits per heavy atom. The van der Waals surface area contributed by atoms with Crippen molar-refractivity contribution in [2.45, 2.75) is 83.8 Å². The molecule has 2 atom stereocenters. The minimum atomic E-state index is 0.752. The Morgan fingerprint density at radius 1 is 1.17 bits per heavy atom. The second-order valence-corrected chi connectivity index (χ2v) is 6.67. The van der Waals surface area contributed by atoms with E-state index < -0.39 is 0 Å². The van der Waals surface area contributed by atoms with Gasteiger partial charge in [0.15, 0.2) is 0 Å². The van der Waals surface area contributed by atoms with Gasteiger partial charge in [0, 0.05) is 24.7 Å². The Kier molecular flexibility index (Phi) is 5.50. The molecule has 0 aromatic carbocycles. The van der Waals surface area contributed by atoms with E-state index in [9.17, 15) is 0 Å². The van der Waals surface area contributed by atoms with Crippen molar-refractivity contribution in [3.05, 3.63) is 0 Å². The summed E-state index contributed by atoms with van der Waals surface area (Å²) in [7, 11) is 0. The highest BCUT2D eigenvalue weighted by molar-refractivity contribution is 4.89. The molecule has 1 saturated heterocycles. The quantitative estimate of drug-likeness (QED) is 0.747. The average Bonchev–Trinajstić information content (AvgIpc) is 3.15. The van der Waals surface area contributed by atoms with E-state index in [1.54, 1.807) is 0 Å². The molecule has 1 N–H and O–H groups in total. The average molecular weight is 252 g/mol. The van der Waals surface area contributed by atoms with Crippen LogP contribution in [0.15, 0.2) is 0 Å². The van der Waals surface area contributed by atoms with Gasteiger partial charge in [-0.3, -0.25) is 4.90 Å². The summed E-state index contributed by atoms with van der Waals surface area (Å²) in [6, 6.07) is 2.46. The van der Waals surface area contributed by atoms with E-state index in [0.29, 0.717) is 0 Å². The molecule has 2 unspecified atom stereocenters. The van der Waals surface area contributed by atoms with Gasteiger partial charge in [0.2, 0.25) is 0 Å². The summed E-state index contributed by atoms with van der Waals surface area (Å²) < 4.78 is 0. The molecule has 2 heteroatoms. The second-order valence-electron chi connectivity index (χ2n) is 6.67. The summed E-state index contributed by atoms with van der Waals surface area (Å²) in [5.41, 5.74) is 0. The van der Waals surface area contributed by atoms with E-state index in [2.05, 4.69) is 31.0 Å². The SMILES string of the molecule is CCCC1CCCCN1C(CNC1CC1)C(C)C. The number of rotatable bonds is 7. The Hall–Kier alpha value is -0.0800. The Morgan fingerprint density at radius 2 is 1.94 bits per heavy atom. The van der Waals surface area contributed by atoms with Crippen molar-refractivity contribution >= 4 is 0 Å². The summed E-state index contributed by atoms with van der Waals surface area (Å²) in [6.07, 6.45) is 9.83. The standard InChI is InChI=1S/C16H32N2/c1-4-7-15-8-5-6-11-18(15)16(13(2)3)12-17-14-9-10-14/h13-17H,4-12H2,1-3H3. The highest BCUT2D eigenvalue weighted by atomic mass is 15.2. The third kappa shape index (κ3) is 3.96. The molecule has 1 saturated carbocycles. The number of hydrogen-bond acceptors (Lipinski definition) is 2. The van der Waals surface area contributed by atoms with Crippen LogP contribution < -0.4 is 5.32 Å². The van der Waals surface area contributed by atoms with Gasteiger partial charge in [-0.15, -0.1) is 0 Å². The highest BCUT2D eigenvalue weighted by Gasteiger charge is 2.31. The lowest BCUT2D eigenvalue weighted by molar-refractivity contribution is 0.0633. The lowest BCUT2D eigenvalue weighted by atomic mass is 9.92. The Bertz CT molecular complexity index is 233. The smallest absolute Gasteiger partial charge is 0.0246 e. The molecule has 1 aliphatic heterocycles. The summed E-state index contributed by atoms with van der Waals surface area (Å²) >= 11 is 0. The van der Waals surface area contributed by atoms with Crippen molar-refractivity contribution in [3.63, 3.8) is 0 Å². The number of piperidine rings is 1. The van der Waals surface area contributed by atoms with Crippen molar-refractivity contribution < 1.29 is 0 Å². The van der Waals surface area contributed by atoms with E-state index in [1.165, 1.54) is 58.0 Å². The minimum absolute atomic E-state index is 0.752. The van der Waals surface area contributed by atoms with E-state index in [4.69, 9.17) is 0 Å². The van der Waals surface area contributed by atoms with Gasteiger partial charge in [-0.2, -0.15) is 0 Å². The molecule has 2 fully saturated rings. The van der Waals surface area contributed by atoms with Crippen LogP contribution in [0.5, 0.6) is 0 Å². The second kappa shape index (κ2) is 6.91. The van der Waals surface area contributed by atoms with Gasteiger partial charge < -0.3 is 5.32 Å². The van der Waals surface area contributed by atoms with Crippen LogP contribution in [0.1, 0.15) is 65.7 Å². The first kappa shape index (κ1) is 14.3. The van der Waals surface area contributed by atoms with Crippen LogP contribution in [0, 0.1) is 5.92 Å². The summed E-state index contributed by atoms with van der Waals surface area (Å²) in [6.45, 7) is 9.68. The predicted octanol–water partition coefficient (Wildman–Crippen LogP) is 3.42. The van der Waals surface area contributed by atoms with Gasteiger partial charge >= 0.3 is 0 Å². The van der Waals surface area contributed by atoms with Crippen molar-refractivity contribution in [1.29, 1.82) is 0 Å². The first-order chi connectivity index (χ1) is 8.72. The van der Waals surface area contributed by atoms with Crippen LogP contribution in [0.25, 0.3) is 0 Å². The van der Waals surface area contributed by atoms with Crippen molar-refractivity contribution in [3.8, 4) is 0 Å². The van der Waals surface area contributed by atoms with E-state index in [-0.39, 0.29) is 0 Å². The lowest BCUT2D eigenvalue weighted by Crippen LogP contribution is -2.52.